The van der Waals surface area contributed by atoms with E-state index >= 15 is 0 Å². The first-order valence-electron chi connectivity index (χ1n) is 3.51. The van der Waals surface area contributed by atoms with Crippen LogP contribution in [0.4, 0.5) is 0 Å². The Labute approximate surface area is 61.5 Å². The molecule has 0 unspecified atom stereocenters. The molecule has 0 spiro atoms. The topological polar surface area (TPSA) is 23.5 Å². The standard InChI is InChI=1S/C8H13NO/c1-9-5-2-8(3-6-9)4-7-10/h2-3,5,10H,4,6-7H2,1H3. The van der Waals surface area contributed by atoms with Gasteiger partial charge in [0, 0.05) is 20.2 Å². The summed E-state index contributed by atoms with van der Waals surface area (Å²) < 4.78 is 0. The zero-order valence-corrected chi connectivity index (χ0v) is 6.25. The number of aliphatic hydroxyl groups is 1. The quantitative estimate of drug-likeness (QED) is 0.610. The van der Waals surface area contributed by atoms with Crippen LogP contribution in [0, 0.1) is 0 Å². The van der Waals surface area contributed by atoms with Gasteiger partial charge in [-0.25, -0.2) is 0 Å². The first kappa shape index (κ1) is 7.35. The third-order valence-corrected chi connectivity index (χ3v) is 1.59. The van der Waals surface area contributed by atoms with Crippen LogP contribution in [0.5, 0.6) is 0 Å². The van der Waals surface area contributed by atoms with Crippen molar-refractivity contribution in [3.05, 3.63) is 23.9 Å². The van der Waals surface area contributed by atoms with E-state index < -0.39 is 0 Å². The number of rotatable bonds is 2. The van der Waals surface area contributed by atoms with Crippen LogP contribution < -0.4 is 0 Å². The minimum absolute atomic E-state index is 0.250. The molecule has 1 N–H and O–H groups in total. The molecule has 0 amide bonds. The van der Waals surface area contributed by atoms with E-state index in [-0.39, 0.29) is 6.61 Å². The summed E-state index contributed by atoms with van der Waals surface area (Å²) in [7, 11) is 2.03. The van der Waals surface area contributed by atoms with Gasteiger partial charge in [-0.1, -0.05) is 6.08 Å². The Morgan fingerprint density at radius 1 is 1.70 bits per heavy atom. The van der Waals surface area contributed by atoms with Crippen molar-refractivity contribution < 1.29 is 5.11 Å². The fourth-order valence-corrected chi connectivity index (χ4v) is 0.928. The van der Waals surface area contributed by atoms with Crippen LogP contribution in [0.1, 0.15) is 6.42 Å². The van der Waals surface area contributed by atoms with Gasteiger partial charge < -0.3 is 10.0 Å². The molecule has 56 valence electrons. The second kappa shape index (κ2) is 3.42. The highest BCUT2D eigenvalue weighted by Gasteiger charge is 1.98. The lowest BCUT2D eigenvalue weighted by molar-refractivity contribution is 0.299. The Hall–Kier alpha value is -0.760. The summed E-state index contributed by atoms with van der Waals surface area (Å²) in [5.41, 5.74) is 1.24. The summed E-state index contributed by atoms with van der Waals surface area (Å²) in [6.07, 6.45) is 6.99. The largest absolute Gasteiger partial charge is 0.396 e. The molecule has 10 heavy (non-hydrogen) atoms. The van der Waals surface area contributed by atoms with Crippen LogP contribution in [-0.4, -0.2) is 30.2 Å². The highest BCUT2D eigenvalue weighted by Crippen LogP contribution is 2.07. The summed E-state index contributed by atoms with van der Waals surface area (Å²) in [5.74, 6) is 0. The van der Waals surface area contributed by atoms with Crippen molar-refractivity contribution in [1.82, 2.24) is 4.90 Å². The normalized spacial score (nSPS) is 17.4. The van der Waals surface area contributed by atoms with Crippen molar-refractivity contribution in [2.75, 3.05) is 20.2 Å². The Morgan fingerprint density at radius 3 is 3.00 bits per heavy atom. The smallest absolute Gasteiger partial charge is 0.0471 e. The van der Waals surface area contributed by atoms with E-state index in [1.54, 1.807) is 0 Å². The monoisotopic (exact) mass is 139 g/mol. The maximum atomic E-state index is 8.60. The molecule has 0 aliphatic carbocycles. The van der Waals surface area contributed by atoms with Gasteiger partial charge in [0.25, 0.3) is 0 Å². The summed E-state index contributed by atoms with van der Waals surface area (Å²) >= 11 is 0. The predicted molar refractivity (Wildman–Crippen MR) is 41.6 cm³/mol. The highest BCUT2D eigenvalue weighted by atomic mass is 16.2. The van der Waals surface area contributed by atoms with Gasteiger partial charge in [0.1, 0.15) is 0 Å². The first-order chi connectivity index (χ1) is 4.83. The zero-order valence-electron chi connectivity index (χ0n) is 6.25. The first-order valence-corrected chi connectivity index (χ1v) is 3.51. The zero-order chi connectivity index (χ0) is 7.40. The number of hydrogen-bond acceptors (Lipinski definition) is 2. The SMILES string of the molecule is CN1C=CC(CCO)=CC1. The molecule has 1 heterocycles. The molecule has 0 radical (unpaired) electrons. The number of hydrogen-bond donors (Lipinski definition) is 1. The van der Waals surface area contributed by atoms with E-state index in [0.717, 1.165) is 13.0 Å². The van der Waals surface area contributed by atoms with Crippen LogP contribution in [0.15, 0.2) is 23.9 Å². The van der Waals surface area contributed by atoms with E-state index in [2.05, 4.69) is 11.0 Å². The predicted octanol–water partition coefficient (Wildman–Crippen LogP) is 0.754. The minimum Gasteiger partial charge on any atom is -0.396 e. The summed E-state index contributed by atoms with van der Waals surface area (Å²) in [5, 5.41) is 8.60. The Kier molecular flexibility index (Phi) is 2.51. The lowest BCUT2D eigenvalue weighted by Crippen LogP contribution is -2.13. The fourth-order valence-electron chi connectivity index (χ4n) is 0.928. The van der Waals surface area contributed by atoms with E-state index in [1.165, 1.54) is 5.57 Å². The number of nitrogens with zero attached hydrogens (tertiary/aromatic N) is 1. The third kappa shape index (κ3) is 1.88. The van der Waals surface area contributed by atoms with Gasteiger partial charge in [0.05, 0.1) is 0 Å². The highest BCUT2D eigenvalue weighted by molar-refractivity contribution is 5.22. The summed E-state index contributed by atoms with van der Waals surface area (Å²) in [6.45, 7) is 1.21. The lowest BCUT2D eigenvalue weighted by atomic mass is 10.1. The summed E-state index contributed by atoms with van der Waals surface area (Å²) in [6, 6.07) is 0. The van der Waals surface area contributed by atoms with Gasteiger partial charge in [0.2, 0.25) is 0 Å². The van der Waals surface area contributed by atoms with E-state index in [0.29, 0.717) is 0 Å². The molecule has 0 aromatic carbocycles. The molecule has 0 bridgehead atoms. The van der Waals surface area contributed by atoms with Crippen LogP contribution in [0.3, 0.4) is 0 Å². The molecule has 0 aromatic heterocycles. The van der Waals surface area contributed by atoms with Crippen molar-refractivity contribution in [3.63, 3.8) is 0 Å². The molecular weight excluding hydrogens is 126 g/mol. The molecule has 0 saturated heterocycles. The molecule has 2 heteroatoms. The Morgan fingerprint density at radius 2 is 2.50 bits per heavy atom. The molecule has 2 nitrogen and oxygen atoms in total. The van der Waals surface area contributed by atoms with E-state index in [4.69, 9.17) is 5.11 Å². The summed E-state index contributed by atoms with van der Waals surface area (Å²) in [4.78, 5) is 2.10. The Bertz CT molecular complexity index is 161. The van der Waals surface area contributed by atoms with Gasteiger partial charge >= 0.3 is 0 Å². The van der Waals surface area contributed by atoms with Gasteiger partial charge in [0.15, 0.2) is 0 Å². The molecule has 0 aromatic rings. The van der Waals surface area contributed by atoms with Crippen LogP contribution in [0.2, 0.25) is 0 Å². The molecule has 1 rings (SSSR count). The van der Waals surface area contributed by atoms with Gasteiger partial charge in [-0.15, -0.1) is 0 Å². The average molecular weight is 139 g/mol. The number of aliphatic hydroxyl groups excluding tert-OH is 1. The van der Waals surface area contributed by atoms with E-state index in [1.807, 2.05) is 19.3 Å². The molecule has 1 aliphatic rings. The molecule has 1 aliphatic heterocycles. The Balaban J connectivity index is 2.42. The van der Waals surface area contributed by atoms with Crippen molar-refractivity contribution in [3.8, 4) is 0 Å². The molecule has 0 fully saturated rings. The van der Waals surface area contributed by atoms with Crippen LogP contribution >= 0.6 is 0 Å². The van der Waals surface area contributed by atoms with Crippen LogP contribution in [0.25, 0.3) is 0 Å². The van der Waals surface area contributed by atoms with Gasteiger partial charge in [-0.05, 0) is 24.3 Å². The second-order valence-corrected chi connectivity index (χ2v) is 2.51. The second-order valence-electron chi connectivity index (χ2n) is 2.51. The number of allylic oxidation sites excluding steroid dienone is 1. The van der Waals surface area contributed by atoms with Crippen molar-refractivity contribution in [2.24, 2.45) is 0 Å². The molecular formula is C8H13NO. The van der Waals surface area contributed by atoms with Crippen LogP contribution in [-0.2, 0) is 0 Å². The van der Waals surface area contributed by atoms with Gasteiger partial charge in [-0.3, -0.25) is 0 Å². The third-order valence-electron chi connectivity index (χ3n) is 1.59. The average Bonchev–Trinajstić information content (AvgIpc) is 1.95. The van der Waals surface area contributed by atoms with Crippen molar-refractivity contribution >= 4 is 0 Å². The van der Waals surface area contributed by atoms with E-state index in [9.17, 15) is 0 Å². The maximum absolute atomic E-state index is 8.60. The fraction of sp³-hybridized carbons (Fsp3) is 0.500. The van der Waals surface area contributed by atoms with Crippen molar-refractivity contribution in [1.29, 1.82) is 0 Å². The van der Waals surface area contributed by atoms with Gasteiger partial charge in [-0.2, -0.15) is 0 Å². The lowest BCUT2D eigenvalue weighted by Gasteiger charge is -2.16. The molecule has 0 atom stereocenters. The van der Waals surface area contributed by atoms with Crippen molar-refractivity contribution in [2.45, 2.75) is 6.42 Å². The maximum Gasteiger partial charge on any atom is 0.0471 e. The minimum atomic E-state index is 0.250. The number of likely N-dealkylation sites (N-methyl/N-ethyl adjacent to an activating group) is 1. The molecule has 0 saturated carbocycles.